The first-order valence-electron chi connectivity index (χ1n) is 9.80. The molecular formula is C22H24N2O3S. The Kier molecular flexibility index (Phi) is 5.31. The number of thiophene rings is 1. The number of carbonyl (C=O) groups is 1. The molecule has 6 heteroatoms. The molecule has 0 saturated carbocycles. The van der Waals surface area contributed by atoms with Crippen LogP contribution in [0, 0.1) is 5.92 Å². The zero-order valence-corrected chi connectivity index (χ0v) is 17.0. The highest BCUT2D eigenvalue weighted by molar-refractivity contribution is 7.18. The summed E-state index contributed by atoms with van der Waals surface area (Å²) in [6.45, 7) is 4.33. The molecule has 2 aromatic heterocycles. The van der Waals surface area contributed by atoms with Crippen molar-refractivity contribution in [2.45, 2.75) is 52.2 Å². The van der Waals surface area contributed by atoms with Crippen molar-refractivity contribution < 1.29 is 9.53 Å². The van der Waals surface area contributed by atoms with Crippen molar-refractivity contribution in [3.63, 3.8) is 0 Å². The van der Waals surface area contributed by atoms with Crippen LogP contribution in [0.3, 0.4) is 0 Å². The van der Waals surface area contributed by atoms with Gasteiger partial charge in [0.15, 0.2) is 0 Å². The zero-order chi connectivity index (χ0) is 19.7. The number of hydrogen-bond donors (Lipinski definition) is 0. The van der Waals surface area contributed by atoms with E-state index in [9.17, 15) is 9.59 Å². The molecule has 0 bridgehead atoms. The standard InChI is InChI=1S/C22H24N2O3S/c1-3-17(22(26)27-12-15-7-5-4-6-8-15)24-13-23-20-19(21(24)25)16-10-9-14(2)11-18(16)28-20/h4-8,13-14,17H,3,9-12H2,1-2H3. The third-order valence-electron chi connectivity index (χ3n) is 5.46. The summed E-state index contributed by atoms with van der Waals surface area (Å²) in [4.78, 5) is 32.5. The fraction of sp³-hybridized carbons (Fsp3) is 0.409. The van der Waals surface area contributed by atoms with Gasteiger partial charge in [0.05, 0.1) is 11.7 Å². The molecule has 5 nitrogen and oxygen atoms in total. The first-order chi connectivity index (χ1) is 13.6. The summed E-state index contributed by atoms with van der Waals surface area (Å²) in [5.74, 6) is 0.242. The second kappa shape index (κ2) is 7.87. The van der Waals surface area contributed by atoms with Crippen LogP contribution in [0.2, 0.25) is 0 Å². The van der Waals surface area contributed by atoms with Crippen LogP contribution in [0.15, 0.2) is 41.5 Å². The summed E-state index contributed by atoms with van der Waals surface area (Å²) in [5.41, 5.74) is 1.94. The smallest absolute Gasteiger partial charge is 0.329 e. The summed E-state index contributed by atoms with van der Waals surface area (Å²) in [6, 6.07) is 8.89. The van der Waals surface area contributed by atoms with Crippen LogP contribution in [0.1, 0.15) is 48.7 Å². The Labute approximate surface area is 168 Å². The minimum atomic E-state index is -0.661. The Morgan fingerprint density at radius 1 is 1.36 bits per heavy atom. The summed E-state index contributed by atoms with van der Waals surface area (Å²) in [7, 11) is 0. The van der Waals surface area contributed by atoms with E-state index in [1.807, 2.05) is 37.3 Å². The van der Waals surface area contributed by atoms with Crippen molar-refractivity contribution in [3.8, 4) is 0 Å². The quantitative estimate of drug-likeness (QED) is 0.604. The Morgan fingerprint density at radius 2 is 2.14 bits per heavy atom. The van der Waals surface area contributed by atoms with Crippen molar-refractivity contribution in [2.75, 3.05) is 0 Å². The Morgan fingerprint density at radius 3 is 2.89 bits per heavy atom. The van der Waals surface area contributed by atoms with E-state index in [2.05, 4.69) is 11.9 Å². The van der Waals surface area contributed by atoms with E-state index >= 15 is 0 Å². The van der Waals surface area contributed by atoms with Crippen LogP contribution < -0.4 is 5.56 Å². The molecule has 1 aliphatic carbocycles. The molecule has 146 valence electrons. The topological polar surface area (TPSA) is 61.2 Å². The molecular weight excluding hydrogens is 372 g/mol. The van der Waals surface area contributed by atoms with Gasteiger partial charge in [-0.05, 0) is 42.7 Å². The average molecular weight is 397 g/mol. The molecule has 2 heterocycles. The first-order valence-corrected chi connectivity index (χ1v) is 10.6. The van der Waals surface area contributed by atoms with Crippen LogP contribution in [0.4, 0.5) is 0 Å². The van der Waals surface area contributed by atoms with Crippen LogP contribution >= 0.6 is 11.3 Å². The molecule has 1 aromatic carbocycles. The maximum atomic E-state index is 13.2. The van der Waals surface area contributed by atoms with Gasteiger partial charge < -0.3 is 4.74 Å². The number of carbonyl (C=O) groups excluding carboxylic acids is 1. The number of aryl methyl sites for hydroxylation is 1. The molecule has 3 aromatic rings. The van der Waals surface area contributed by atoms with Gasteiger partial charge in [-0.25, -0.2) is 9.78 Å². The normalized spacial score (nSPS) is 17.3. The molecule has 0 fully saturated rings. The summed E-state index contributed by atoms with van der Waals surface area (Å²) < 4.78 is 6.95. The van der Waals surface area contributed by atoms with Crippen molar-refractivity contribution in [2.24, 2.45) is 5.92 Å². The van der Waals surface area contributed by atoms with Gasteiger partial charge in [-0.15, -0.1) is 11.3 Å². The third kappa shape index (κ3) is 3.49. The minimum absolute atomic E-state index is 0.124. The number of ether oxygens (including phenoxy) is 1. The van der Waals surface area contributed by atoms with Gasteiger partial charge in [0.2, 0.25) is 0 Å². The zero-order valence-electron chi connectivity index (χ0n) is 16.2. The van der Waals surface area contributed by atoms with Crippen molar-refractivity contribution in [1.82, 2.24) is 9.55 Å². The number of rotatable bonds is 5. The van der Waals surface area contributed by atoms with E-state index in [0.717, 1.165) is 35.2 Å². The first kappa shape index (κ1) is 18.9. The Bertz CT molecular complexity index is 1050. The number of benzene rings is 1. The summed E-state index contributed by atoms with van der Waals surface area (Å²) >= 11 is 1.62. The van der Waals surface area contributed by atoms with E-state index in [4.69, 9.17) is 4.74 Å². The number of fused-ring (bicyclic) bond motifs is 3. The van der Waals surface area contributed by atoms with Gasteiger partial charge in [-0.2, -0.15) is 0 Å². The highest BCUT2D eigenvalue weighted by Crippen LogP contribution is 2.35. The number of nitrogens with zero attached hydrogens (tertiary/aromatic N) is 2. The minimum Gasteiger partial charge on any atom is -0.459 e. The van der Waals surface area contributed by atoms with Crippen LogP contribution in [0.5, 0.6) is 0 Å². The van der Waals surface area contributed by atoms with Gasteiger partial charge in [0, 0.05) is 4.88 Å². The number of esters is 1. The largest absolute Gasteiger partial charge is 0.459 e. The molecule has 0 amide bonds. The molecule has 0 saturated heterocycles. The van der Waals surface area contributed by atoms with Gasteiger partial charge in [-0.3, -0.25) is 9.36 Å². The van der Waals surface area contributed by atoms with Gasteiger partial charge >= 0.3 is 5.97 Å². The molecule has 0 aliphatic heterocycles. The third-order valence-corrected chi connectivity index (χ3v) is 6.62. The molecule has 1 aliphatic rings. The van der Waals surface area contributed by atoms with Crippen LogP contribution in [-0.4, -0.2) is 15.5 Å². The fourth-order valence-corrected chi connectivity index (χ4v) is 5.21. The molecule has 0 N–H and O–H groups in total. The molecule has 2 atom stereocenters. The maximum absolute atomic E-state index is 13.2. The lowest BCUT2D eigenvalue weighted by molar-refractivity contribution is -0.149. The highest BCUT2D eigenvalue weighted by Gasteiger charge is 2.27. The number of hydrogen-bond acceptors (Lipinski definition) is 5. The molecule has 0 spiro atoms. The summed E-state index contributed by atoms with van der Waals surface area (Å²) in [5, 5.41) is 0.698. The Hall–Kier alpha value is -2.47. The van der Waals surface area contributed by atoms with Crippen LogP contribution in [0.25, 0.3) is 10.2 Å². The average Bonchev–Trinajstić information content (AvgIpc) is 3.07. The lowest BCUT2D eigenvalue weighted by Crippen LogP contribution is -2.31. The van der Waals surface area contributed by atoms with Crippen molar-refractivity contribution >= 4 is 27.5 Å². The summed E-state index contributed by atoms with van der Waals surface area (Å²) in [6.07, 6.45) is 4.99. The van der Waals surface area contributed by atoms with Crippen LogP contribution in [-0.2, 0) is 29.0 Å². The second-order valence-electron chi connectivity index (χ2n) is 7.51. The van der Waals surface area contributed by atoms with E-state index in [0.29, 0.717) is 17.7 Å². The predicted molar refractivity (Wildman–Crippen MR) is 111 cm³/mol. The maximum Gasteiger partial charge on any atom is 0.329 e. The van der Waals surface area contributed by atoms with E-state index in [-0.39, 0.29) is 12.2 Å². The van der Waals surface area contributed by atoms with Gasteiger partial charge in [-0.1, -0.05) is 44.2 Å². The van der Waals surface area contributed by atoms with E-state index in [1.165, 1.54) is 15.8 Å². The Balaban J connectivity index is 1.64. The van der Waals surface area contributed by atoms with Gasteiger partial charge in [0.25, 0.3) is 5.56 Å². The SMILES string of the molecule is CCC(C(=O)OCc1ccccc1)n1cnc2sc3c(c2c1=O)CCC(C)C3. The van der Waals surface area contributed by atoms with Crippen molar-refractivity contribution in [1.29, 1.82) is 0 Å². The highest BCUT2D eigenvalue weighted by atomic mass is 32.1. The molecule has 4 rings (SSSR count). The lowest BCUT2D eigenvalue weighted by atomic mass is 9.89. The predicted octanol–water partition coefficient (Wildman–Crippen LogP) is 4.28. The monoisotopic (exact) mass is 396 g/mol. The van der Waals surface area contributed by atoms with E-state index in [1.54, 1.807) is 11.3 Å². The second-order valence-corrected chi connectivity index (χ2v) is 8.59. The number of aromatic nitrogens is 2. The van der Waals surface area contributed by atoms with Gasteiger partial charge in [0.1, 0.15) is 17.5 Å². The lowest BCUT2D eigenvalue weighted by Gasteiger charge is -2.18. The molecule has 28 heavy (non-hydrogen) atoms. The molecule has 2 unspecified atom stereocenters. The van der Waals surface area contributed by atoms with E-state index < -0.39 is 12.0 Å². The van der Waals surface area contributed by atoms with Crippen molar-refractivity contribution in [3.05, 3.63) is 63.0 Å². The fourth-order valence-electron chi connectivity index (χ4n) is 3.87. The molecule has 0 radical (unpaired) electrons.